The molecule has 1 aliphatic carbocycles. The summed E-state index contributed by atoms with van der Waals surface area (Å²) >= 11 is 0. The van der Waals surface area contributed by atoms with Gasteiger partial charge in [-0.1, -0.05) is 186 Å². The number of allylic oxidation sites excluding steroid dienone is 3. The molecule has 3 heterocycles. The minimum Gasteiger partial charge on any atom is -0.312 e. The zero-order chi connectivity index (χ0) is 43.7. The van der Waals surface area contributed by atoms with Gasteiger partial charge in [0.15, 0.2) is 0 Å². The van der Waals surface area contributed by atoms with E-state index in [1.807, 2.05) is 0 Å². The van der Waals surface area contributed by atoms with Crippen LogP contribution in [0.4, 0.5) is 28.4 Å². The van der Waals surface area contributed by atoms with Gasteiger partial charge in [-0.15, -0.1) is 0 Å². The van der Waals surface area contributed by atoms with E-state index < -0.39 is 5.41 Å². The minimum absolute atomic E-state index is 0.0385. The van der Waals surface area contributed by atoms with Gasteiger partial charge in [-0.25, -0.2) is 0 Å². The minimum atomic E-state index is -0.610. The number of benzene rings is 6. The highest BCUT2D eigenvalue weighted by atomic mass is 15.2. The maximum absolute atomic E-state index is 2.65. The molecule has 0 saturated carbocycles. The predicted octanol–water partition coefficient (Wildman–Crippen LogP) is 13.5. The molecule has 10 rings (SSSR count). The van der Waals surface area contributed by atoms with Crippen LogP contribution in [0.5, 0.6) is 0 Å². The van der Waals surface area contributed by atoms with Crippen molar-refractivity contribution in [1.82, 2.24) is 0 Å². The monoisotopic (exact) mass is 811 g/mol. The maximum Gasteiger partial charge on any atom is 0.253 e. The van der Waals surface area contributed by atoms with Crippen LogP contribution in [0.2, 0.25) is 0 Å². The van der Waals surface area contributed by atoms with E-state index in [1.165, 1.54) is 89.5 Å². The van der Waals surface area contributed by atoms with Crippen LogP contribution in [0.1, 0.15) is 128 Å². The lowest BCUT2D eigenvalue weighted by Gasteiger charge is -2.53. The molecule has 0 bridgehead atoms. The molecule has 1 atom stereocenters. The normalized spacial score (nSPS) is 17.5. The molecule has 2 nitrogen and oxygen atoms in total. The molecule has 0 spiro atoms. The lowest BCUT2D eigenvalue weighted by Crippen LogP contribution is -2.68. The quantitative estimate of drug-likeness (QED) is 0.163. The van der Waals surface area contributed by atoms with E-state index in [1.54, 1.807) is 0 Å². The first-order chi connectivity index (χ1) is 29.3. The Kier molecular flexibility index (Phi) is 8.98. The van der Waals surface area contributed by atoms with Gasteiger partial charge in [0.1, 0.15) is 0 Å². The molecule has 0 aromatic heterocycles. The average Bonchev–Trinajstić information content (AvgIpc) is 3.23. The maximum atomic E-state index is 2.65. The standard InChI is InChI=1S/C59H63BN2/c1-55(2,3)38-26-30-44(31-27-38)61-48-24-19-25-49-54(48)60-52-46(34-42(36-50(52)61)57(7,8)9)59(40-20-15-13-16-21-40,41-22-17-14-18-23-41)47-35-43(58(10,11)12)37-51(53(47)60)62(49)45-32-28-39(29-33-45)56(4,5)6/h13-28,30-37,39H,29H2,1-12H3. The second-order valence-electron chi connectivity index (χ2n) is 22.7. The smallest absolute Gasteiger partial charge is 0.253 e. The summed E-state index contributed by atoms with van der Waals surface area (Å²) in [4.78, 5) is 5.27. The van der Waals surface area contributed by atoms with E-state index in [0.717, 1.165) is 6.42 Å². The van der Waals surface area contributed by atoms with Crippen LogP contribution in [0.25, 0.3) is 0 Å². The average molecular weight is 811 g/mol. The van der Waals surface area contributed by atoms with Crippen molar-refractivity contribution in [1.29, 1.82) is 0 Å². The van der Waals surface area contributed by atoms with E-state index in [2.05, 4.69) is 239 Å². The van der Waals surface area contributed by atoms with Crippen molar-refractivity contribution in [3.05, 3.63) is 190 Å². The molecule has 312 valence electrons. The Bertz CT molecular complexity index is 2760. The van der Waals surface area contributed by atoms with Crippen molar-refractivity contribution in [2.24, 2.45) is 11.3 Å². The van der Waals surface area contributed by atoms with Crippen LogP contribution >= 0.6 is 0 Å². The number of hydrogen-bond acceptors (Lipinski definition) is 2. The first-order valence-electron chi connectivity index (χ1n) is 23.0. The van der Waals surface area contributed by atoms with Crippen molar-refractivity contribution in [3.63, 3.8) is 0 Å². The molecule has 62 heavy (non-hydrogen) atoms. The van der Waals surface area contributed by atoms with E-state index in [9.17, 15) is 0 Å². The zero-order valence-electron chi connectivity index (χ0n) is 39.1. The van der Waals surface area contributed by atoms with E-state index >= 15 is 0 Å². The molecule has 0 radical (unpaired) electrons. The van der Waals surface area contributed by atoms with Gasteiger partial charge in [0.05, 0.1) is 5.41 Å². The fourth-order valence-electron chi connectivity index (χ4n) is 11.1. The third kappa shape index (κ3) is 6.05. The summed E-state index contributed by atoms with van der Waals surface area (Å²) in [6.45, 7) is 28.4. The van der Waals surface area contributed by atoms with Gasteiger partial charge in [0.2, 0.25) is 0 Å². The Morgan fingerprint density at radius 3 is 1.42 bits per heavy atom. The Morgan fingerprint density at radius 2 is 0.968 bits per heavy atom. The van der Waals surface area contributed by atoms with Crippen molar-refractivity contribution in [3.8, 4) is 0 Å². The van der Waals surface area contributed by atoms with E-state index in [-0.39, 0.29) is 28.4 Å². The Hall–Kier alpha value is -5.54. The van der Waals surface area contributed by atoms with Crippen molar-refractivity contribution in [2.45, 2.75) is 111 Å². The highest BCUT2D eigenvalue weighted by Gasteiger charge is 2.56. The molecule has 6 aromatic rings. The topological polar surface area (TPSA) is 6.48 Å². The van der Waals surface area contributed by atoms with Gasteiger partial charge in [0.25, 0.3) is 6.71 Å². The number of hydrogen-bond donors (Lipinski definition) is 0. The fraction of sp³-hybridized carbons (Fsp3) is 0.322. The van der Waals surface area contributed by atoms with Crippen molar-refractivity contribution in [2.75, 3.05) is 9.80 Å². The molecule has 4 aliphatic rings. The van der Waals surface area contributed by atoms with Gasteiger partial charge in [0, 0.05) is 34.1 Å². The molecule has 3 aliphatic heterocycles. The summed E-state index contributed by atoms with van der Waals surface area (Å²) in [5.74, 6) is 0.477. The van der Waals surface area contributed by atoms with Crippen LogP contribution in [-0.4, -0.2) is 6.71 Å². The highest BCUT2D eigenvalue weighted by Crippen LogP contribution is 2.54. The predicted molar refractivity (Wildman–Crippen MR) is 267 cm³/mol. The summed E-state index contributed by atoms with van der Waals surface area (Å²) < 4.78 is 0. The number of anilines is 5. The second-order valence-corrected chi connectivity index (χ2v) is 22.7. The zero-order valence-corrected chi connectivity index (χ0v) is 39.1. The number of nitrogens with zero attached hydrogens (tertiary/aromatic N) is 2. The molecular weight excluding hydrogens is 747 g/mol. The Morgan fingerprint density at radius 1 is 0.484 bits per heavy atom. The molecular formula is C59H63BN2. The molecule has 0 amide bonds. The summed E-state index contributed by atoms with van der Waals surface area (Å²) in [6, 6.07) is 49.8. The van der Waals surface area contributed by atoms with E-state index in [0.29, 0.717) is 5.92 Å². The van der Waals surface area contributed by atoms with Gasteiger partial charge < -0.3 is 9.80 Å². The third-order valence-electron chi connectivity index (χ3n) is 14.6. The first kappa shape index (κ1) is 40.5. The van der Waals surface area contributed by atoms with Gasteiger partial charge in [-0.05, 0) is 132 Å². The second kappa shape index (κ2) is 13.7. The van der Waals surface area contributed by atoms with Crippen molar-refractivity contribution < 1.29 is 0 Å². The lowest BCUT2D eigenvalue weighted by atomic mass is 9.27. The van der Waals surface area contributed by atoms with Crippen LogP contribution < -0.4 is 26.2 Å². The lowest BCUT2D eigenvalue weighted by molar-refractivity contribution is 0.293. The summed E-state index contributed by atoms with van der Waals surface area (Å²) in [5, 5.41) is 0. The van der Waals surface area contributed by atoms with Gasteiger partial charge in [-0.3, -0.25) is 0 Å². The summed E-state index contributed by atoms with van der Waals surface area (Å²) in [7, 11) is 0. The van der Waals surface area contributed by atoms with Crippen LogP contribution in [0, 0.1) is 11.3 Å². The third-order valence-corrected chi connectivity index (χ3v) is 14.6. The molecule has 3 heteroatoms. The molecule has 0 fully saturated rings. The Labute approximate surface area is 372 Å². The first-order valence-corrected chi connectivity index (χ1v) is 23.0. The van der Waals surface area contributed by atoms with Crippen LogP contribution in [0.15, 0.2) is 151 Å². The van der Waals surface area contributed by atoms with Crippen LogP contribution in [0.3, 0.4) is 0 Å². The SMILES string of the molecule is CC(C)(C)c1ccc(N2c3cccc4c3B3c5c(cc(C(C)(C)C)cc5C(c5ccccc5)(c5ccccc5)c5cc(C(C)(C)C)cc2c53)N4C2=CCC(C(C)(C)C)C=C2)cc1. The van der Waals surface area contributed by atoms with Crippen molar-refractivity contribution >= 4 is 51.5 Å². The summed E-state index contributed by atoms with van der Waals surface area (Å²) in [6.07, 6.45) is 8.45. The largest absolute Gasteiger partial charge is 0.312 e. The van der Waals surface area contributed by atoms with Gasteiger partial charge in [-0.2, -0.15) is 0 Å². The molecule has 6 aromatic carbocycles. The Balaban J connectivity index is 1.41. The molecule has 0 saturated heterocycles. The number of rotatable bonds is 4. The van der Waals surface area contributed by atoms with Crippen LogP contribution in [-0.2, 0) is 21.7 Å². The van der Waals surface area contributed by atoms with E-state index in [4.69, 9.17) is 0 Å². The fourth-order valence-corrected chi connectivity index (χ4v) is 11.1. The molecule has 1 unspecified atom stereocenters. The summed E-state index contributed by atoms with van der Waals surface area (Å²) in [5.41, 5.74) is 20.7. The van der Waals surface area contributed by atoms with Gasteiger partial charge >= 0.3 is 0 Å². The highest BCUT2D eigenvalue weighted by molar-refractivity contribution is 7.01. The molecule has 0 N–H and O–H groups in total.